The van der Waals surface area contributed by atoms with E-state index in [0.717, 1.165) is 11.1 Å². The highest BCUT2D eigenvalue weighted by atomic mass is 35.5. The number of nitrogens with one attached hydrogen (secondary N) is 2. The van der Waals surface area contributed by atoms with Gasteiger partial charge in [0.2, 0.25) is 17.8 Å². The number of nitrogens with zero attached hydrogens (tertiary/aromatic N) is 3. The number of sulfonamides is 1. The number of benzene rings is 3. The molecule has 3 aromatic rings. The second-order valence-electron chi connectivity index (χ2n) is 9.37. The third-order valence-electron chi connectivity index (χ3n) is 6.39. The van der Waals surface area contributed by atoms with E-state index in [1.807, 2.05) is 42.5 Å². The Bertz CT molecular complexity index is 1600. The number of aliphatic hydroxyl groups excluding tert-OH is 1. The number of halogens is 2. The topological polar surface area (TPSA) is 167 Å². The number of aliphatic hydroxyl groups is 1. The van der Waals surface area contributed by atoms with Crippen LogP contribution in [0.5, 0.6) is 0 Å². The molecule has 4 rings (SSSR count). The van der Waals surface area contributed by atoms with Gasteiger partial charge in [-0.15, -0.1) is 0 Å². The Morgan fingerprint density at radius 2 is 1.64 bits per heavy atom. The molecule has 0 saturated carbocycles. The van der Waals surface area contributed by atoms with Crippen LogP contribution in [0.25, 0.3) is 0 Å². The van der Waals surface area contributed by atoms with Crippen molar-refractivity contribution < 1.29 is 23.1 Å². The third kappa shape index (κ3) is 7.45. The molecule has 220 valence electrons. The van der Waals surface area contributed by atoms with Crippen molar-refractivity contribution in [3.63, 3.8) is 0 Å². The lowest BCUT2D eigenvalue weighted by atomic mass is 9.91. The van der Waals surface area contributed by atoms with E-state index in [2.05, 4.69) is 15.0 Å². The van der Waals surface area contributed by atoms with Crippen LogP contribution < -0.4 is 15.8 Å². The maximum absolute atomic E-state index is 13.4. The van der Waals surface area contributed by atoms with E-state index in [-0.39, 0.29) is 23.3 Å². The monoisotopic (exact) mass is 630 g/mol. The second kappa shape index (κ2) is 13.3. The lowest BCUT2D eigenvalue weighted by molar-refractivity contribution is -0.128. The van der Waals surface area contributed by atoms with Gasteiger partial charge < -0.3 is 16.2 Å². The van der Waals surface area contributed by atoms with Gasteiger partial charge in [-0.05, 0) is 54.4 Å². The molecule has 11 nitrogen and oxygen atoms in total. The molecule has 1 aliphatic heterocycles. The number of carbonyl (C=O) groups is 2. The van der Waals surface area contributed by atoms with Gasteiger partial charge in [0.1, 0.15) is 12.1 Å². The third-order valence-corrected chi connectivity index (χ3v) is 8.24. The molecule has 5 N–H and O–H groups in total. The van der Waals surface area contributed by atoms with Crippen molar-refractivity contribution in [2.75, 3.05) is 13.2 Å². The highest BCUT2D eigenvalue weighted by Gasteiger charge is 2.34. The molecule has 0 aliphatic carbocycles. The lowest BCUT2D eigenvalue weighted by Crippen LogP contribution is -2.50. The fourth-order valence-corrected chi connectivity index (χ4v) is 5.40. The van der Waals surface area contributed by atoms with Crippen molar-refractivity contribution in [3.8, 4) is 0 Å². The van der Waals surface area contributed by atoms with Crippen LogP contribution in [0.1, 0.15) is 24.0 Å². The first kappa shape index (κ1) is 31.0. The second-order valence-corrected chi connectivity index (χ2v) is 11.9. The number of amides is 2. The first-order valence-corrected chi connectivity index (χ1v) is 15.0. The van der Waals surface area contributed by atoms with Crippen molar-refractivity contribution >= 4 is 56.7 Å². The summed E-state index contributed by atoms with van der Waals surface area (Å²) in [6, 6.07) is 19.6. The number of aliphatic imine (C=N–C) groups is 1. The number of carbonyl (C=O) groups excluding carboxylic acids is 2. The van der Waals surface area contributed by atoms with E-state index >= 15 is 0 Å². The van der Waals surface area contributed by atoms with E-state index in [9.17, 15) is 23.1 Å². The SMILES string of the molecule is C[C@H](N=C(NS(=O)(=O)c1ccc(Cl)cc1)N1CC(c2ccccc2)C(c2ccc(Cl)cc2)=N1)C(=O)N[C@@H](CO)C(N)=O. The molecular formula is C28H28Cl2N6O5S. The summed E-state index contributed by atoms with van der Waals surface area (Å²) < 4.78 is 29.2. The first-order chi connectivity index (χ1) is 20.0. The van der Waals surface area contributed by atoms with Gasteiger partial charge in [0.05, 0.1) is 23.8 Å². The van der Waals surface area contributed by atoms with Crippen LogP contribution >= 0.6 is 23.2 Å². The molecule has 0 aromatic heterocycles. The molecule has 0 bridgehead atoms. The minimum absolute atomic E-state index is 0.0912. The molecule has 0 radical (unpaired) electrons. The number of nitrogens with two attached hydrogens (primary N) is 1. The molecule has 0 spiro atoms. The van der Waals surface area contributed by atoms with Crippen molar-refractivity contribution in [2.45, 2.75) is 29.8 Å². The molecule has 1 unspecified atom stereocenters. The molecule has 2 amide bonds. The Balaban J connectivity index is 1.76. The minimum atomic E-state index is -4.21. The van der Waals surface area contributed by atoms with E-state index in [0.29, 0.717) is 15.8 Å². The molecule has 14 heteroatoms. The predicted molar refractivity (Wildman–Crippen MR) is 161 cm³/mol. The Morgan fingerprint density at radius 3 is 2.21 bits per heavy atom. The van der Waals surface area contributed by atoms with Gasteiger partial charge in [-0.3, -0.25) is 9.59 Å². The highest BCUT2D eigenvalue weighted by Crippen LogP contribution is 2.30. The Morgan fingerprint density at radius 1 is 1.05 bits per heavy atom. The van der Waals surface area contributed by atoms with Gasteiger partial charge in [0.15, 0.2) is 0 Å². The Labute approximate surface area is 253 Å². The average molecular weight is 632 g/mol. The van der Waals surface area contributed by atoms with Crippen molar-refractivity contribution in [1.29, 1.82) is 0 Å². The van der Waals surface area contributed by atoms with Crippen LogP contribution in [-0.4, -0.2) is 67.3 Å². The normalized spacial score (nSPS) is 16.9. The maximum Gasteiger partial charge on any atom is 0.264 e. The molecule has 0 saturated heterocycles. The number of hydrazone groups is 1. The maximum atomic E-state index is 13.4. The number of guanidine groups is 1. The van der Waals surface area contributed by atoms with Crippen molar-refractivity contribution in [2.24, 2.45) is 15.8 Å². The summed E-state index contributed by atoms with van der Waals surface area (Å²) in [5.41, 5.74) is 7.53. The number of rotatable bonds is 9. The zero-order chi connectivity index (χ0) is 30.4. The smallest absolute Gasteiger partial charge is 0.264 e. The predicted octanol–water partition coefficient (Wildman–Crippen LogP) is 2.48. The summed E-state index contributed by atoms with van der Waals surface area (Å²) in [5, 5.41) is 18.7. The number of primary amides is 1. The summed E-state index contributed by atoms with van der Waals surface area (Å²) in [5.74, 6) is -2.24. The molecule has 0 fully saturated rings. The standard InChI is InChI=1S/C28H28Cl2N6O5S/c1-17(27(39)33-24(16-37)26(31)38)32-28(35-42(40,41)22-13-11-21(30)12-14-22)36-15-23(18-5-3-2-4-6-18)25(34-36)19-7-9-20(29)10-8-19/h2-14,17,23-24,37H,15-16H2,1H3,(H2,31,38)(H,32,35)(H,33,39)/t17-,23?,24-/m0/s1. The summed E-state index contributed by atoms with van der Waals surface area (Å²) in [7, 11) is -4.21. The molecule has 3 aromatic carbocycles. The minimum Gasteiger partial charge on any atom is -0.394 e. The molecule has 42 heavy (non-hydrogen) atoms. The van der Waals surface area contributed by atoms with Gasteiger partial charge in [0, 0.05) is 16.0 Å². The summed E-state index contributed by atoms with van der Waals surface area (Å²) in [6.07, 6.45) is 0. The lowest BCUT2D eigenvalue weighted by Gasteiger charge is -2.21. The van der Waals surface area contributed by atoms with E-state index in [4.69, 9.17) is 34.0 Å². The fourth-order valence-electron chi connectivity index (χ4n) is 4.14. The van der Waals surface area contributed by atoms with Crippen LogP contribution in [0.4, 0.5) is 0 Å². The largest absolute Gasteiger partial charge is 0.394 e. The van der Waals surface area contributed by atoms with Crippen LogP contribution in [0.3, 0.4) is 0 Å². The zero-order valence-electron chi connectivity index (χ0n) is 22.3. The van der Waals surface area contributed by atoms with Gasteiger partial charge in [0.25, 0.3) is 10.0 Å². The van der Waals surface area contributed by atoms with E-state index in [1.54, 1.807) is 12.1 Å². The summed E-state index contributed by atoms with van der Waals surface area (Å²) >= 11 is 12.0. The first-order valence-electron chi connectivity index (χ1n) is 12.7. The van der Waals surface area contributed by atoms with E-state index in [1.165, 1.54) is 36.2 Å². The van der Waals surface area contributed by atoms with Gasteiger partial charge >= 0.3 is 0 Å². The Hall–Kier alpha value is -3.97. The van der Waals surface area contributed by atoms with Crippen LogP contribution in [0.2, 0.25) is 10.0 Å². The van der Waals surface area contributed by atoms with Crippen molar-refractivity contribution in [3.05, 3.63) is 100 Å². The molecular weight excluding hydrogens is 603 g/mol. The van der Waals surface area contributed by atoms with Crippen LogP contribution in [0.15, 0.2) is 93.9 Å². The molecule has 1 heterocycles. The van der Waals surface area contributed by atoms with Crippen molar-refractivity contribution in [1.82, 2.24) is 15.0 Å². The molecule has 1 aliphatic rings. The number of hydrogen-bond acceptors (Lipinski definition) is 7. The van der Waals surface area contributed by atoms with Gasteiger partial charge in [-0.1, -0.05) is 65.7 Å². The fraction of sp³-hybridized carbons (Fsp3) is 0.214. The van der Waals surface area contributed by atoms with Gasteiger partial charge in [-0.2, -0.15) is 5.10 Å². The highest BCUT2D eigenvalue weighted by molar-refractivity contribution is 7.90. The van der Waals surface area contributed by atoms with Crippen LogP contribution in [-0.2, 0) is 19.6 Å². The number of hydrogen-bond donors (Lipinski definition) is 4. The van der Waals surface area contributed by atoms with Gasteiger partial charge in [-0.25, -0.2) is 23.1 Å². The quantitative estimate of drug-likeness (QED) is 0.209. The summed E-state index contributed by atoms with van der Waals surface area (Å²) in [6.45, 7) is 0.863. The van der Waals surface area contributed by atoms with Crippen LogP contribution in [0, 0.1) is 0 Å². The zero-order valence-corrected chi connectivity index (χ0v) is 24.6. The average Bonchev–Trinajstić information content (AvgIpc) is 3.42. The molecule has 3 atom stereocenters. The Kier molecular flexibility index (Phi) is 9.84. The summed E-state index contributed by atoms with van der Waals surface area (Å²) in [4.78, 5) is 28.6. The van der Waals surface area contributed by atoms with E-state index < -0.39 is 40.5 Å².